The molecule has 4 rings (SSSR count). The first-order valence-corrected chi connectivity index (χ1v) is 9.17. The molecule has 1 aliphatic carbocycles. The van der Waals surface area contributed by atoms with Gasteiger partial charge >= 0.3 is 12.3 Å². The smallest absolute Gasteiger partial charge is 0.407 e. The van der Waals surface area contributed by atoms with E-state index in [0.29, 0.717) is 31.5 Å². The second kappa shape index (κ2) is 6.42. The number of nitrogens with zero attached hydrogens (tertiary/aromatic N) is 1. The third-order valence-corrected chi connectivity index (χ3v) is 5.88. The molecule has 1 saturated carbocycles. The van der Waals surface area contributed by atoms with Crippen LogP contribution < -0.4 is 5.32 Å². The van der Waals surface area contributed by atoms with Crippen LogP contribution in [0.2, 0.25) is 0 Å². The van der Waals surface area contributed by atoms with Crippen molar-refractivity contribution in [2.24, 2.45) is 0 Å². The number of benzene rings is 1. The van der Waals surface area contributed by atoms with Gasteiger partial charge in [0.2, 0.25) is 5.91 Å². The normalized spacial score (nSPS) is 24.2. The van der Waals surface area contributed by atoms with E-state index in [2.05, 4.69) is 5.32 Å². The third-order valence-electron chi connectivity index (χ3n) is 5.88. The number of carbonyl (C=O) groups is 2. The molecule has 0 aromatic heterocycles. The zero-order valence-electron chi connectivity index (χ0n) is 14.7. The van der Waals surface area contributed by atoms with Crippen molar-refractivity contribution in [2.75, 3.05) is 19.7 Å². The Balaban J connectivity index is 1.31. The Bertz CT molecular complexity index is 755. The van der Waals surface area contributed by atoms with E-state index >= 15 is 0 Å². The number of hydrogen-bond acceptors (Lipinski definition) is 3. The van der Waals surface area contributed by atoms with Crippen molar-refractivity contribution < 1.29 is 27.5 Å². The van der Waals surface area contributed by atoms with Crippen LogP contribution in [0.15, 0.2) is 24.3 Å². The molecule has 1 aromatic carbocycles. The second-order valence-electron chi connectivity index (χ2n) is 7.68. The van der Waals surface area contributed by atoms with Crippen LogP contribution in [0.3, 0.4) is 0 Å². The highest BCUT2D eigenvalue weighted by molar-refractivity contribution is 5.77. The van der Waals surface area contributed by atoms with Crippen LogP contribution in [0.5, 0.6) is 0 Å². The summed E-state index contributed by atoms with van der Waals surface area (Å²) in [5, 5.41) is 2.63. The molecular formula is C19H21F3N2O3. The van der Waals surface area contributed by atoms with Crippen LogP contribution in [-0.2, 0) is 14.9 Å². The van der Waals surface area contributed by atoms with Gasteiger partial charge in [0.25, 0.3) is 0 Å². The zero-order valence-corrected chi connectivity index (χ0v) is 14.7. The van der Waals surface area contributed by atoms with E-state index in [1.807, 2.05) is 6.07 Å². The first-order valence-electron chi connectivity index (χ1n) is 9.17. The molecule has 0 spiro atoms. The minimum Gasteiger partial charge on any atom is -0.447 e. The van der Waals surface area contributed by atoms with E-state index in [1.165, 1.54) is 0 Å². The number of cyclic esters (lactones) is 1. The predicted octanol–water partition coefficient (Wildman–Crippen LogP) is 3.09. The van der Waals surface area contributed by atoms with Gasteiger partial charge in [-0.25, -0.2) is 4.79 Å². The SMILES string of the molecule is O=C1N[C@H](CCC(=O)N2CC(c3cccc(C4(C(F)(F)F)CC4)c3)C2)CO1. The summed E-state index contributed by atoms with van der Waals surface area (Å²) in [6.45, 7) is 1.33. The van der Waals surface area contributed by atoms with Gasteiger partial charge in [0.15, 0.2) is 0 Å². The zero-order chi connectivity index (χ0) is 19.2. The molecule has 146 valence electrons. The lowest BCUT2D eigenvalue weighted by Crippen LogP contribution is -2.48. The van der Waals surface area contributed by atoms with Crippen molar-refractivity contribution >= 4 is 12.0 Å². The maximum absolute atomic E-state index is 13.3. The molecule has 0 unspecified atom stereocenters. The Morgan fingerprint density at radius 3 is 2.63 bits per heavy atom. The number of alkyl halides is 3. The van der Waals surface area contributed by atoms with Crippen LogP contribution in [0.25, 0.3) is 0 Å². The molecule has 5 nitrogen and oxygen atoms in total. The van der Waals surface area contributed by atoms with Crippen molar-refractivity contribution in [1.82, 2.24) is 10.2 Å². The fraction of sp³-hybridized carbons (Fsp3) is 0.579. The molecule has 3 fully saturated rings. The van der Waals surface area contributed by atoms with E-state index < -0.39 is 17.7 Å². The van der Waals surface area contributed by atoms with Gasteiger partial charge in [0.05, 0.1) is 11.5 Å². The highest BCUT2D eigenvalue weighted by Crippen LogP contribution is 2.59. The topological polar surface area (TPSA) is 58.6 Å². The molecule has 1 aromatic rings. The summed E-state index contributed by atoms with van der Waals surface area (Å²) in [5.41, 5.74) is -0.464. The lowest BCUT2D eigenvalue weighted by atomic mass is 9.86. The molecule has 0 radical (unpaired) electrons. The van der Waals surface area contributed by atoms with Gasteiger partial charge in [-0.05, 0) is 30.4 Å². The molecule has 2 saturated heterocycles. The maximum atomic E-state index is 13.3. The second-order valence-corrected chi connectivity index (χ2v) is 7.68. The van der Waals surface area contributed by atoms with Gasteiger partial charge in [0.1, 0.15) is 6.61 Å². The van der Waals surface area contributed by atoms with Gasteiger partial charge in [-0.3, -0.25) is 4.79 Å². The van der Waals surface area contributed by atoms with Crippen LogP contribution in [0.4, 0.5) is 18.0 Å². The minimum absolute atomic E-state index is 0.00231. The quantitative estimate of drug-likeness (QED) is 0.852. The van der Waals surface area contributed by atoms with Crippen molar-refractivity contribution in [2.45, 2.75) is 49.2 Å². The van der Waals surface area contributed by atoms with Gasteiger partial charge in [-0.2, -0.15) is 13.2 Å². The first-order chi connectivity index (χ1) is 12.8. The number of rotatable bonds is 5. The summed E-state index contributed by atoms with van der Waals surface area (Å²) in [4.78, 5) is 24.9. The molecular weight excluding hydrogens is 361 g/mol. The number of nitrogens with one attached hydrogen (secondary N) is 1. The molecule has 1 atom stereocenters. The fourth-order valence-electron chi connectivity index (χ4n) is 3.88. The summed E-state index contributed by atoms with van der Waals surface area (Å²) >= 11 is 0. The molecule has 2 heterocycles. The molecule has 3 aliphatic rings. The minimum atomic E-state index is -4.22. The van der Waals surface area contributed by atoms with Crippen LogP contribution in [0.1, 0.15) is 42.7 Å². The molecule has 0 bridgehead atoms. The van der Waals surface area contributed by atoms with E-state index in [4.69, 9.17) is 4.74 Å². The van der Waals surface area contributed by atoms with Crippen LogP contribution in [0, 0.1) is 0 Å². The largest absolute Gasteiger partial charge is 0.447 e. The van der Waals surface area contributed by atoms with Crippen LogP contribution >= 0.6 is 0 Å². The van der Waals surface area contributed by atoms with Crippen LogP contribution in [-0.4, -0.2) is 48.8 Å². The average Bonchev–Trinajstić information content (AvgIpc) is 3.30. The number of carbonyl (C=O) groups excluding carboxylic acids is 2. The summed E-state index contributed by atoms with van der Waals surface area (Å²) in [6.07, 6.45) is -3.53. The lowest BCUT2D eigenvalue weighted by Gasteiger charge is -2.40. The number of likely N-dealkylation sites (tertiary alicyclic amines) is 1. The van der Waals surface area contributed by atoms with Crippen molar-refractivity contribution in [1.29, 1.82) is 0 Å². The molecule has 27 heavy (non-hydrogen) atoms. The summed E-state index contributed by atoms with van der Waals surface area (Å²) in [5.74, 6) is 0.0740. The number of hydrogen-bond donors (Lipinski definition) is 1. The number of alkyl carbamates (subject to hydrolysis) is 1. The fourth-order valence-corrected chi connectivity index (χ4v) is 3.88. The van der Waals surface area contributed by atoms with E-state index in [9.17, 15) is 22.8 Å². The Morgan fingerprint density at radius 1 is 1.30 bits per heavy atom. The molecule has 2 amide bonds. The highest BCUT2D eigenvalue weighted by atomic mass is 19.4. The summed E-state index contributed by atoms with van der Waals surface area (Å²) < 4.78 is 44.8. The van der Waals surface area contributed by atoms with Gasteiger partial charge in [0, 0.05) is 25.4 Å². The van der Waals surface area contributed by atoms with Gasteiger partial charge in [-0.1, -0.05) is 24.3 Å². The monoisotopic (exact) mass is 382 g/mol. The predicted molar refractivity (Wildman–Crippen MR) is 90.2 cm³/mol. The van der Waals surface area contributed by atoms with Gasteiger partial charge < -0.3 is 15.0 Å². The van der Waals surface area contributed by atoms with E-state index in [-0.39, 0.29) is 37.3 Å². The molecule has 1 N–H and O–H groups in total. The first kappa shape index (κ1) is 18.1. The highest BCUT2D eigenvalue weighted by Gasteiger charge is 2.64. The average molecular weight is 382 g/mol. The molecule has 2 aliphatic heterocycles. The Kier molecular flexibility index (Phi) is 4.31. The third kappa shape index (κ3) is 3.37. The number of ether oxygens (including phenoxy) is 1. The Hall–Kier alpha value is -2.25. The van der Waals surface area contributed by atoms with E-state index in [1.54, 1.807) is 23.1 Å². The standard InChI is InChI=1S/C19H21F3N2O3/c20-19(21,22)18(6-7-18)14-3-1-2-12(8-14)13-9-24(10-13)16(25)5-4-15-11-27-17(26)23-15/h1-3,8,13,15H,4-7,9-11H2,(H,23,26)/t15-/m1/s1. The Labute approximate surface area is 154 Å². The number of halogens is 3. The van der Waals surface area contributed by atoms with Crippen molar-refractivity contribution in [3.63, 3.8) is 0 Å². The molecule has 8 heteroatoms. The van der Waals surface area contributed by atoms with Crippen molar-refractivity contribution in [3.8, 4) is 0 Å². The Morgan fingerprint density at radius 2 is 2.04 bits per heavy atom. The summed E-state index contributed by atoms with van der Waals surface area (Å²) in [6, 6.07) is 6.62. The van der Waals surface area contributed by atoms with Crippen molar-refractivity contribution in [3.05, 3.63) is 35.4 Å². The number of amides is 2. The lowest BCUT2D eigenvalue weighted by molar-refractivity contribution is -0.160. The summed E-state index contributed by atoms with van der Waals surface area (Å²) in [7, 11) is 0. The van der Waals surface area contributed by atoms with E-state index in [0.717, 1.165) is 5.56 Å². The maximum Gasteiger partial charge on any atom is 0.407 e. The van der Waals surface area contributed by atoms with Gasteiger partial charge in [-0.15, -0.1) is 0 Å².